The van der Waals surface area contributed by atoms with Crippen LogP contribution in [0, 0.1) is 27.7 Å². The van der Waals surface area contributed by atoms with E-state index < -0.39 is 0 Å². The van der Waals surface area contributed by atoms with E-state index in [1.807, 2.05) is 0 Å². The molecule has 0 spiro atoms. The highest BCUT2D eigenvalue weighted by Crippen LogP contribution is 2.24. The molecule has 0 bridgehead atoms. The number of nitrogens with one attached hydrogen (secondary N) is 2. The maximum absolute atomic E-state index is 3.48. The van der Waals surface area contributed by atoms with Crippen LogP contribution >= 0.6 is 0 Å². The number of benzene rings is 3. The maximum Gasteiger partial charge on any atom is 0.0414 e. The van der Waals surface area contributed by atoms with E-state index in [-0.39, 0.29) is 0 Å². The minimum Gasteiger partial charge on any atom is -0.356 e. The molecule has 0 aliphatic carbocycles. The molecule has 2 nitrogen and oxygen atoms in total. The van der Waals surface area contributed by atoms with Gasteiger partial charge in [-0.2, -0.15) is 0 Å². The molecule has 0 saturated heterocycles. The summed E-state index contributed by atoms with van der Waals surface area (Å²) in [6.07, 6.45) is 0. The van der Waals surface area contributed by atoms with Gasteiger partial charge in [0.2, 0.25) is 0 Å². The van der Waals surface area contributed by atoms with E-state index in [0.717, 1.165) is 22.7 Å². The van der Waals surface area contributed by atoms with Gasteiger partial charge in [-0.1, -0.05) is 23.8 Å². The van der Waals surface area contributed by atoms with E-state index in [1.54, 1.807) is 0 Å². The quantitative estimate of drug-likeness (QED) is 0.581. The molecule has 0 unspecified atom stereocenters. The first kappa shape index (κ1) is 16.1. The second-order valence-electron chi connectivity index (χ2n) is 6.52. The van der Waals surface area contributed by atoms with Gasteiger partial charge in [0.15, 0.2) is 0 Å². The van der Waals surface area contributed by atoms with Gasteiger partial charge < -0.3 is 10.6 Å². The van der Waals surface area contributed by atoms with E-state index in [2.05, 4.69) is 99.0 Å². The van der Waals surface area contributed by atoms with E-state index in [9.17, 15) is 0 Å². The van der Waals surface area contributed by atoms with Crippen LogP contribution in [0.25, 0.3) is 0 Å². The van der Waals surface area contributed by atoms with Crippen molar-refractivity contribution in [2.24, 2.45) is 0 Å². The first-order valence-electron chi connectivity index (χ1n) is 8.29. The van der Waals surface area contributed by atoms with E-state index in [4.69, 9.17) is 0 Å². The molecular formula is C22H24N2. The number of aryl methyl sites for hydroxylation is 4. The van der Waals surface area contributed by atoms with E-state index >= 15 is 0 Å². The van der Waals surface area contributed by atoms with Gasteiger partial charge in [-0.05, 0) is 86.8 Å². The minimum absolute atomic E-state index is 1.09. The van der Waals surface area contributed by atoms with Gasteiger partial charge in [0.25, 0.3) is 0 Å². The van der Waals surface area contributed by atoms with Crippen LogP contribution in [0.4, 0.5) is 22.7 Å². The molecule has 2 N–H and O–H groups in total. The Hall–Kier alpha value is -2.74. The van der Waals surface area contributed by atoms with Crippen molar-refractivity contribution in [3.05, 3.63) is 82.9 Å². The van der Waals surface area contributed by atoms with Crippen LogP contribution in [0.15, 0.2) is 60.7 Å². The lowest BCUT2D eigenvalue weighted by molar-refractivity contribution is 1.36. The van der Waals surface area contributed by atoms with Gasteiger partial charge in [0.1, 0.15) is 0 Å². The van der Waals surface area contributed by atoms with Crippen LogP contribution in [0.1, 0.15) is 22.3 Å². The Morgan fingerprint density at radius 1 is 0.500 bits per heavy atom. The minimum atomic E-state index is 1.09. The molecule has 0 fully saturated rings. The monoisotopic (exact) mass is 316 g/mol. The first-order valence-corrected chi connectivity index (χ1v) is 8.29. The van der Waals surface area contributed by atoms with Crippen molar-refractivity contribution in [1.82, 2.24) is 0 Å². The van der Waals surface area contributed by atoms with Crippen molar-refractivity contribution in [1.29, 1.82) is 0 Å². The molecule has 0 radical (unpaired) electrons. The second-order valence-corrected chi connectivity index (χ2v) is 6.52. The second kappa shape index (κ2) is 6.79. The van der Waals surface area contributed by atoms with E-state index in [0.29, 0.717) is 0 Å². The Kier molecular flexibility index (Phi) is 4.57. The Morgan fingerprint density at radius 3 is 1.67 bits per heavy atom. The third-order valence-electron chi connectivity index (χ3n) is 4.06. The highest BCUT2D eigenvalue weighted by Gasteiger charge is 2.01. The van der Waals surface area contributed by atoms with Crippen LogP contribution in [-0.4, -0.2) is 0 Å². The third kappa shape index (κ3) is 3.96. The summed E-state index contributed by atoms with van der Waals surface area (Å²) in [6, 6.07) is 21.4. The average molecular weight is 316 g/mol. The molecule has 0 aromatic heterocycles. The summed E-state index contributed by atoms with van der Waals surface area (Å²) in [7, 11) is 0. The lowest BCUT2D eigenvalue weighted by Gasteiger charge is -2.12. The van der Waals surface area contributed by atoms with Gasteiger partial charge in [-0.25, -0.2) is 0 Å². The SMILES string of the molecule is Cc1cc(C)cc(Nc2ccc(Nc3ccc(C)cc3C)cc2)c1. The molecule has 122 valence electrons. The summed E-state index contributed by atoms with van der Waals surface area (Å²) in [5.74, 6) is 0. The van der Waals surface area contributed by atoms with Gasteiger partial charge >= 0.3 is 0 Å². The average Bonchev–Trinajstić information content (AvgIpc) is 2.51. The van der Waals surface area contributed by atoms with Crippen molar-refractivity contribution < 1.29 is 0 Å². The molecule has 3 aromatic carbocycles. The van der Waals surface area contributed by atoms with Crippen molar-refractivity contribution in [2.45, 2.75) is 27.7 Å². The van der Waals surface area contributed by atoms with Gasteiger partial charge in [0.05, 0.1) is 0 Å². The molecule has 0 saturated carbocycles. The predicted octanol–water partition coefficient (Wildman–Crippen LogP) is 6.41. The Morgan fingerprint density at radius 2 is 1.08 bits per heavy atom. The fourth-order valence-electron chi connectivity index (χ4n) is 2.96. The Labute approximate surface area is 144 Å². The van der Waals surface area contributed by atoms with Crippen LogP contribution < -0.4 is 10.6 Å². The van der Waals surface area contributed by atoms with Crippen molar-refractivity contribution in [3.63, 3.8) is 0 Å². The molecule has 0 aliphatic rings. The third-order valence-corrected chi connectivity index (χ3v) is 4.06. The zero-order valence-corrected chi connectivity index (χ0v) is 14.8. The number of hydrogen-bond donors (Lipinski definition) is 2. The zero-order valence-electron chi connectivity index (χ0n) is 14.8. The van der Waals surface area contributed by atoms with Crippen LogP contribution in [-0.2, 0) is 0 Å². The van der Waals surface area contributed by atoms with Crippen LogP contribution in [0.2, 0.25) is 0 Å². The Balaban J connectivity index is 1.73. The smallest absolute Gasteiger partial charge is 0.0414 e. The standard InChI is InChI=1S/C22H24N2/c1-15-5-10-22(18(4)12-15)24-20-8-6-19(7-9-20)23-21-13-16(2)11-17(3)14-21/h5-14,23-24H,1-4H3. The van der Waals surface area contributed by atoms with Crippen LogP contribution in [0.3, 0.4) is 0 Å². The summed E-state index contributed by atoms with van der Waals surface area (Å²) in [5.41, 5.74) is 9.53. The van der Waals surface area contributed by atoms with E-state index in [1.165, 1.54) is 22.3 Å². The fraction of sp³-hybridized carbons (Fsp3) is 0.182. The predicted molar refractivity (Wildman–Crippen MR) is 105 cm³/mol. The first-order chi connectivity index (χ1) is 11.5. The summed E-state index contributed by atoms with van der Waals surface area (Å²) in [4.78, 5) is 0. The van der Waals surface area contributed by atoms with Crippen LogP contribution in [0.5, 0.6) is 0 Å². The highest BCUT2D eigenvalue weighted by atomic mass is 14.9. The lowest BCUT2D eigenvalue weighted by atomic mass is 10.1. The van der Waals surface area contributed by atoms with Crippen molar-refractivity contribution in [2.75, 3.05) is 10.6 Å². The zero-order chi connectivity index (χ0) is 17.1. The molecule has 3 rings (SSSR count). The summed E-state index contributed by atoms with van der Waals surface area (Å²) in [6.45, 7) is 8.49. The number of hydrogen-bond acceptors (Lipinski definition) is 2. The molecule has 0 heterocycles. The molecular weight excluding hydrogens is 292 g/mol. The number of anilines is 4. The fourth-order valence-corrected chi connectivity index (χ4v) is 2.96. The van der Waals surface area contributed by atoms with Gasteiger partial charge in [0, 0.05) is 22.7 Å². The largest absolute Gasteiger partial charge is 0.356 e. The lowest BCUT2D eigenvalue weighted by Crippen LogP contribution is -1.95. The topological polar surface area (TPSA) is 24.1 Å². The molecule has 2 heteroatoms. The maximum atomic E-state index is 3.48. The highest BCUT2D eigenvalue weighted by molar-refractivity contribution is 5.68. The van der Waals surface area contributed by atoms with Gasteiger partial charge in [-0.15, -0.1) is 0 Å². The van der Waals surface area contributed by atoms with Crippen molar-refractivity contribution in [3.8, 4) is 0 Å². The summed E-state index contributed by atoms with van der Waals surface area (Å²) >= 11 is 0. The normalized spacial score (nSPS) is 10.5. The molecule has 3 aromatic rings. The molecule has 24 heavy (non-hydrogen) atoms. The Bertz CT molecular complexity index is 828. The molecule has 0 atom stereocenters. The number of rotatable bonds is 4. The van der Waals surface area contributed by atoms with Crippen molar-refractivity contribution >= 4 is 22.7 Å². The van der Waals surface area contributed by atoms with Gasteiger partial charge in [-0.3, -0.25) is 0 Å². The molecule has 0 aliphatic heterocycles. The summed E-state index contributed by atoms with van der Waals surface area (Å²) < 4.78 is 0. The molecule has 0 amide bonds. The summed E-state index contributed by atoms with van der Waals surface area (Å²) in [5, 5.41) is 6.95.